The smallest absolute Gasteiger partial charge is 0.311 e. The van der Waals surface area contributed by atoms with Gasteiger partial charge in [0.15, 0.2) is 0 Å². The van der Waals surface area contributed by atoms with Crippen LogP contribution >= 0.6 is 0 Å². The van der Waals surface area contributed by atoms with Crippen LogP contribution in [0.25, 0.3) is 0 Å². The van der Waals surface area contributed by atoms with Crippen molar-refractivity contribution in [3.05, 3.63) is 0 Å². The van der Waals surface area contributed by atoms with Gasteiger partial charge in [0, 0.05) is 11.8 Å². The van der Waals surface area contributed by atoms with Gasteiger partial charge in [0.2, 0.25) is 6.29 Å². The molecule has 0 aromatic rings. The molecule has 2 saturated heterocycles. The Morgan fingerprint density at radius 1 is 1.04 bits per heavy atom. The summed E-state index contributed by atoms with van der Waals surface area (Å²) >= 11 is 0. The standard InChI is InChI=1S/C23H36O4/c1-20(2,3)26-17-7-6-15-14-8-11-23-12-18(24)25-19(27-23)13-22(23,5)16(14)9-10-21(15,17)4/h14-17,19H,6-13H2,1-5H3/t14-,15-,16-,17-,19+,21-,22+,23+/m0/s1. The highest BCUT2D eigenvalue weighted by Gasteiger charge is 2.70. The Bertz CT molecular complexity index is 653. The first-order valence-electron chi connectivity index (χ1n) is 11.1. The summed E-state index contributed by atoms with van der Waals surface area (Å²) in [6.07, 6.45) is 8.63. The Kier molecular flexibility index (Phi) is 3.75. The van der Waals surface area contributed by atoms with Gasteiger partial charge < -0.3 is 14.2 Å². The van der Waals surface area contributed by atoms with E-state index in [1.54, 1.807) is 0 Å². The van der Waals surface area contributed by atoms with E-state index in [9.17, 15) is 4.79 Å². The van der Waals surface area contributed by atoms with Crippen LogP contribution in [0.1, 0.15) is 86.0 Å². The van der Waals surface area contributed by atoms with Crippen molar-refractivity contribution < 1.29 is 19.0 Å². The van der Waals surface area contributed by atoms with Crippen molar-refractivity contribution in [3.8, 4) is 0 Å². The fourth-order valence-electron chi connectivity index (χ4n) is 8.07. The monoisotopic (exact) mass is 376 g/mol. The zero-order valence-electron chi connectivity index (χ0n) is 17.7. The number of esters is 1. The van der Waals surface area contributed by atoms with E-state index in [1.165, 1.54) is 32.1 Å². The fourth-order valence-corrected chi connectivity index (χ4v) is 8.07. The number of fused-ring (bicyclic) bond motifs is 5. The third-order valence-electron chi connectivity index (χ3n) is 9.23. The molecule has 1 spiro atoms. The Balaban J connectivity index is 1.44. The van der Waals surface area contributed by atoms with Crippen molar-refractivity contribution in [1.29, 1.82) is 0 Å². The van der Waals surface area contributed by atoms with Gasteiger partial charge in [-0.2, -0.15) is 0 Å². The number of rotatable bonds is 1. The van der Waals surface area contributed by atoms with Crippen molar-refractivity contribution in [3.63, 3.8) is 0 Å². The Morgan fingerprint density at radius 2 is 1.81 bits per heavy atom. The number of ether oxygens (including phenoxy) is 3. The molecule has 5 rings (SSSR count). The molecule has 27 heavy (non-hydrogen) atoms. The quantitative estimate of drug-likeness (QED) is 0.614. The summed E-state index contributed by atoms with van der Waals surface area (Å²) in [6, 6.07) is 0. The molecular formula is C23H36O4. The molecule has 3 saturated carbocycles. The highest BCUT2D eigenvalue weighted by atomic mass is 16.7. The minimum atomic E-state index is -0.302. The summed E-state index contributed by atoms with van der Waals surface area (Å²) in [5, 5.41) is 0. The lowest BCUT2D eigenvalue weighted by molar-refractivity contribution is -0.242. The van der Waals surface area contributed by atoms with E-state index in [0.717, 1.165) is 24.7 Å². The first kappa shape index (κ1) is 18.4. The zero-order valence-corrected chi connectivity index (χ0v) is 17.7. The molecule has 4 heteroatoms. The lowest BCUT2D eigenvalue weighted by Crippen LogP contribution is -2.59. The molecule has 3 aliphatic carbocycles. The van der Waals surface area contributed by atoms with E-state index >= 15 is 0 Å². The largest absolute Gasteiger partial charge is 0.436 e. The maximum absolute atomic E-state index is 12.2. The molecule has 152 valence electrons. The summed E-state index contributed by atoms with van der Waals surface area (Å²) in [5.41, 5.74) is 0.0467. The summed E-state index contributed by atoms with van der Waals surface area (Å²) in [5.74, 6) is 2.09. The molecule has 2 bridgehead atoms. The van der Waals surface area contributed by atoms with E-state index in [1.807, 2.05) is 0 Å². The third kappa shape index (κ3) is 2.44. The maximum atomic E-state index is 12.2. The van der Waals surface area contributed by atoms with E-state index < -0.39 is 0 Å². The molecule has 0 aromatic carbocycles. The van der Waals surface area contributed by atoms with Crippen molar-refractivity contribution in [1.82, 2.24) is 0 Å². The van der Waals surface area contributed by atoms with E-state index in [-0.39, 0.29) is 28.9 Å². The molecule has 0 N–H and O–H groups in total. The summed E-state index contributed by atoms with van der Waals surface area (Å²) < 4.78 is 18.4. The Labute approximate surface area is 163 Å². The van der Waals surface area contributed by atoms with Crippen molar-refractivity contribution >= 4 is 5.97 Å². The van der Waals surface area contributed by atoms with Crippen LogP contribution in [0.3, 0.4) is 0 Å². The van der Waals surface area contributed by atoms with Crippen LogP contribution in [0.5, 0.6) is 0 Å². The average Bonchev–Trinajstić information content (AvgIpc) is 2.96. The minimum absolute atomic E-state index is 0.0476. The van der Waals surface area contributed by atoms with Crippen LogP contribution in [0.2, 0.25) is 0 Å². The highest BCUT2D eigenvalue weighted by molar-refractivity contribution is 5.72. The highest BCUT2D eigenvalue weighted by Crippen LogP contribution is 2.70. The predicted molar refractivity (Wildman–Crippen MR) is 102 cm³/mol. The van der Waals surface area contributed by atoms with Gasteiger partial charge in [-0.05, 0) is 82.5 Å². The van der Waals surface area contributed by atoms with Gasteiger partial charge in [-0.15, -0.1) is 0 Å². The molecule has 8 atom stereocenters. The lowest BCUT2D eigenvalue weighted by Gasteiger charge is -2.60. The van der Waals surface area contributed by atoms with Gasteiger partial charge in [-0.1, -0.05) is 13.8 Å². The van der Waals surface area contributed by atoms with Crippen LogP contribution in [0.4, 0.5) is 0 Å². The van der Waals surface area contributed by atoms with Crippen LogP contribution in [0, 0.1) is 28.6 Å². The molecule has 0 radical (unpaired) electrons. The SMILES string of the molecule is CC(C)(C)O[C@H]1CC[C@H]2[C@@H]3CC[C@@]45CC(=O)O[C@@H](C[C@]4(C)[C@H]3CC[C@]12C)O5. The molecule has 5 aliphatic rings. The first-order valence-corrected chi connectivity index (χ1v) is 11.1. The van der Waals surface area contributed by atoms with Crippen molar-refractivity contribution in [2.75, 3.05) is 0 Å². The number of carbonyl (C=O) groups excluding carboxylic acids is 1. The second-order valence-corrected chi connectivity index (χ2v) is 11.6. The van der Waals surface area contributed by atoms with Crippen molar-refractivity contribution in [2.45, 2.75) is 110 Å². The molecule has 0 amide bonds. The third-order valence-corrected chi connectivity index (χ3v) is 9.23. The summed E-state index contributed by atoms with van der Waals surface area (Å²) in [6.45, 7) is 11.5. The normalized spacial score (nSPS) is 54.1. The average molecular weight is 377 g/mol. The van der Waals surface area contributed by atoms with E-state index in [4.69, 9.17) is 14.2 Å². The molecule has 2 aliphatic heterocycles. The van der Waals surface area contributed by atoms with Crippen LogP contribution in [-0.4, -0.2) is 29.6 Å². The topological polar surface area (TPSA) is 44.8 Å². The molecule has 2 heterocycles. The summed E-state index contributed by atoms with van der Waals surface area (Å²) in [4.78, 5) is 12.2. The van der Waals surface area contributed by atoms with Gasteiger partial charge in [0.1, 0.15) is 0 Å². The Hall–Kier alpha value is -0.610. The molecule has 5 fully saturated rings. The van der Waals surface area contributed by atoms with Crippen LogP contribution < -0.4 is 0 Å². The van der Waals surface area contributed by atoms with Crippen LogP contribution in [0.15, 0.2) is 0 Å². The van der Waals surface area contributed by atoms with Gasteiger partial charge in [0.25, 0.3) is 0 Å². The predicted octanol–water partition coefficient (Wildman–Crippen LogP) is 4.84. The first-order chi connectivity index (χ1) is 12.6. The molecule has 0 unspecified atom stereocenters. The van der Waals surface area contributed by atoms with E-state index in [0.29, 0.717) is 23.9 Å². The molecule has 4 nitrogen and oxygen atoms in total. The minimum Gasteiger partial charge on any atom is -0.436 e. The number of carbonyl (C=O) groups is 1. The van der Waals surface area contributed by atoms with Gasteiger partial charge in [-0.3, -0.25) is 4.79 Å². The van der Waals surface area contributed by atoms with Gasteiger partial charge >= 0.3 is 5.97 Å². The number of hydrogen-bond acceptors (Lipinski definition) is 4. The second-order valence-electron chi connectivity index (χ2n) is 11.6. The lowest BCUT2D eigenvalue weighted by atomic mass is 9.46. The van der Waals surface area contributed by atoms with Gasteiger partial charge in [0.05, 0.1) is 23.7 Å². The maximum Gasteiger partial charge on any atom is 0.311 e. The Morgan fingerprint density at radius 3 is 2.56 bits per heavy atom. The molecular weight excluding hydrogens is 340 g/mol. The molecule has 0 aromatic heterocycles. The zero-order chi connectivity index (χ0) is 19.2. The van der Waals surface area contributed by atoms with Crippen LogP contribution in [-0.2, 0) is 19.0 Å². The van der Waals surface area contributed by atoms with Gasteiger partial charge in [-0.25, -0.2) is 0 Å². The van der Waals surface area contributed by atoms with Crippen molar-refractivity contribution in [2.24, 2.45) is 28.6 Å². The second kappa shape index (κ2) is 5.50. The fraction of sp³-hybridized carbons (Fsp3) is 0.957. The van der Waals surface area contributed by atoms with E-state index in [2.05, 4.69) is 34.6 Å². The summed E-state index contributed by atoms with van der Waals surface area (Å²) in [7, 11) is 0. The number of hydrogen-bond donors (Lipinski definition) is 0.